The molecule has 0 spiro atoms. The van der Waals surface area contributed by atoms with Crippen LogP contribution in [0.15, 0.2) is 27.8 Å². The van der Waals surface area contributed by atoms with Crippen molar-refractivity contribution < 1.29 is 26.7 Å². The second-order valence-corrected chi connectivity index (χ2v) is 7.70. The van der Waals surface area contributed by atoms with E-state index in [9.17, 15) is 22.0 Å². The van der Waals surface area contributed by atoms with E-state index in [1.165, 1.54) is 0 Å². The predicted octanol–water partition coefficient (Wildman–Crippen LogP) is 4.23. The van der Waals surface area contributed by atoms with Gasteiger partial charge in [-0.05, 0) is 23.3 Å². The molecular weight excluding hydrogens is 449 g/mol. The van der Waals surface area contributed by atoms with E-state index in [-0.39, 0.29) is 25.4 Å². The minimum atomic E-state index is -2.19. The molecule has 146 valence electrons. The predicted molar refractivity (Wildman–Crippen MR) is 93.2 cm³/mol. The summed E-state index contributed by atoms with van der Waals surface area (Å²) in [6.45, 7) is -0.0631. The van der Waals surface area contributed by atoms with Gasteiger partial charge in [-0.25, -0.2) is 27.0 Å². The van der Waals surface area contributed by atoms with Crippen LogP contribution in [0.1, 0.15) is 17.2 Å². The molecule has 1 saturated heterocycles. The minimum Gasteiger partial charge on any atom is -0.367 e. The summed E-state index contributed by atoms with van der Waals surface area (Å²) in [6, 6.07) is 5.56. The van der Waals surface area contributed by atoms with Crippen molar-refractivity contribution in [3.63, 3.8) is 0 Å². The highest BCUT2D eigenvalue weighted by Crippen LogP contribution is 2.44. The summed E-state index contributed by atoms with van der Waals surface area (Å²) in [4.78, 5) is 1.78. The highest BCUT2D eigenvalue weighted by Gasteiger charge is 2.46. The second kappa shape index (κ2) is 6.15. The molecule has 0 bridgehead atoms. The van der Waals surface area contributed by atoms with E-state index in [1.807, 2.05) is 18.2 Å². The van der Waals surface area contributed by atoms with E-state index in [4.69, 9.17) is 4.74 Å². The van der Waals surface area contributed by atoms with E-state index >= 15 is 0 Å². The third kappa shape index (κ3) is 2.40. The number of ether oxygens (including phenoxy) is 1. The van der Waals surface area contributed by atoms with Gasteiger partial charge in [-0.3, -0.25) is 0 Å². The van der Waals surface area contributed by atoms with Crippen LogP contribution in [0.4, 0.5) is 27.6 Å². The molecule has 2 heterocycles. The first kappa shape index (κ1) is 17.9. The first-order valence-corrected chi connectivity index (χ1v) is 9.19. The molecule has 0 unspecified atom stereocenters. The number of halogens is 6. The van der Waals surface area contributed by atoms with Gasteiger partial charge < -0.3 is 9.64 Å². The van der Waals surface area contributed by atoms with Crippen LogP contribution in [-0.2, 0) is 11.2 Å². The van der Waals surface area contributed by atoms with Crippen molar-refractivity contribution in [3.8, 4) is 0 Å². The van der Waals surface area contributed by atoms with E-state index < -0.39 is 34.8 Å². The summed E-state index contributed by atoms with van der Waals surface area (Å²) >= 11 is 3.43. The Hall–Kier alpha value is -2.20. The fourth-order valence-electron chi connectivity index (χ4n) is 4.01. The standard InChI is InChI=1S/C18H11BrF5N3O/c19-8-2-1-7-3-10-17(9(7)4-8)26-6-27(25-11(26)5-28-10)18-15(23)13(21)12(20)14(22)16(18)24/h1-2,4,10,17H,3,5-6H2/t10-,17+/m0/s1. The average molecular weight is 460 g/mol. The number of benzene rings is 2. The number of hydrogen-bond acceptors (Lipinski definition) is 4. The van der Waals surface area contributed by atoms with Crippen LogP contribution in [0, 0.1) is 29.1 Å². The number of hydrazone groups is 1. The maximum absolute atomic E-state index is 14.2. The first-order chi connectivity index (χ1) is 13.4. The van der Waals surface area contributed by atoms with Gasteiger partial charge in [0.25, 0.3) is 0 Å². The SMILES string of the molecule is Fc1c(F)c(F)c(N2CN3C(=N2)CO[C@H]2Cc4ccc(Br)cc4[C@H]23)c(F)c1F. The molecule has 1 aliphatic carbocycles. The summed E-state index contributed by atoms with van der Waals surface area (Å²) in [5, 5.41) is 4.87. The van der Waals surface area contributed by atoms with Gasteiger partial charge in [-0.2, -0.15) is 5.10 Å². The van der Waals surface area contributed by atoms with Gasteiger partial charge in [-0.15, -0.1) is 0 Å². The Balaban J connectivity index is 1.55. The molecule has 0 N–H and O–H groups in total. The number of nitrogens with zero attached hydrogens (tertiary/aromatic N) is 3. The fraction of sp³-hybridized carbons (Fsp3) is 0.278. The molecule has 2 aliphatic heterocycles. The van der Waals surface area contributed by atoms with Crippen molar-refractivity contribution in [1.82, 2.24) is 4.90 Å². The fourth-order valence-corrected chi connectivity index (χ4v) is 4.39. The summed E-state index contributed by atoms with van der Waals surface area (Å²) in [6.07, 6.45) is 0.485. The van der Waals surface area contributed by atoms with Crippen LogP contribution in [0.25, 0.3) is 0 Å². The minimum absolute atomic E-state index is 0.0855. The molecule has 0 radical (unpaired) electrons. The Labute approximate surface area is 164 Å². The van der Waals surface area contributed by atoms with E-state index in [1.54, 1.807) is 4.90 Å². The van der Waals surface area contributed by atoms with Crippen LogP contribution >= 0.6 is 15.9 Å². The lowest BCUT2D eigenvalue weighted by Crippen LogP contribution is -2.46. The van der Waals surface area contributed by atoms with Crippen LogP contribution in [0.5, 0.6) is 0 Å². The normalized spacial score (nSPS) is 22.9. The maximum Gasteiger partial charge on any atom is 0.200 e. The van der Waals surface area contributed by atoms with E-state index in [2.05, 4.69) is 21.0 Å². The van der Waals surface area contributed by atoms with Crippen LogP contribution in [-0.4, -0.2) is 30.1 Å². The molecule has 0 amide bonds. The number of rotatable bonds is 1. The van der Waals surface area contributed by atoms with Gasteiger partial charge >= 0.3 is 0 Å². The van der Waals surface area contributed by atoms with Crippen LogP contribution in [0.2, 0.25) is 0 Å². The Kier molecular flexibility index (Phi) is 3.92. The van der Waals surface area contributed by atoms with Crippen molar-refractivity contribution in [2.45, 2.75) is 18.6 Å². The highest BCUT2D eigenvalue weighted by atomic mass is 79.9. The van der Waals surface area contributed by atoms with Gasteiger partial charge in [0.15, 0.2) is 29.1 Å². The Morgan fingerprint density at radius 3 is 2.39 bits per heavy atom. The third-order valence-electron chi connectivity index (χ3n) is 5.26. The van der Waals surface area contributed by atoms with Gasteiger partial charge in [0.1, 0.15) is 19.0 Å². The highest BCUT2D eigenvalue weighted by molar-refractivity contribution is 9.10. The smallest absolute Gasteiger partial charge is 0.200 e. The molecule has 3 aliphatic rings. The first-order valence-electron chi connectivity index (χ1n) is 8.40. The molecule has 1 fully saturated rings. The Bertz CT molecular complexity index is 1020. The quantitative estimate of drug-likeness (QED) is 0.362. The van der Waals surface area contributed by atoms with Crippen molar-refractivity contribution in [2.24, 2.45) is 5.10 Å². The molecule has 0 saturated carbocycles. The number of anilines is 1. The lowest BCUT2D eigenvalue weighted by Gasteiger charge is -2.36. The van der Waals surface area contributed by atoms with Crippen LogP contribution in [0.3, 0.4) is 0 Å². The topological polar surface area (TPSA) is 28.1 Å². The van der Waals surface area contributed by atoms with Crippen molar-refractivity contribution in [2.75, 3.05) is 18.3 Å². The molecule has 4 nitrogen and oxygen atoms in total. The number of fused-ring (bicyclic) bond motifs is 5. The molecular formula is C18H11BrF5N3O. The molecule has 10 heteroatoms. The zero-order valence-electron chi connectivity index (χ0n) is 14.0. The Morgan fingerprint density at radius 1 is 1.00 bits per heavy atom. The van der Waals surface area contributed by atoms with Crippen molar-refractivity contribution >= 4 is 27.5 Å². The monoisotopic (exact) mass is 459 g/mol. The van der Waals surface area contributed by atoms with Gasteiger partial charge in [0.05, 0.1) is 12.1 Å². The number of hydrogen-bond donors (Lipinski definition) is 0. The third-order valence-corrected chi connectivity index (χ3v) is 5.75. The summed E-state index contributed by atoms with van der Waals surface area (Å²) in [5.74, 6) is -9.63. The molecule has 28 heavy (non-hydrogen) atoms. The van der Waals surface area contributed by atoms with Crippen molar-refractivity contribution in [3.05, 3.63) is 62.9 Å². The van der Waals surface area contributed by atoms with Gasteiger partial charge in [0, 0.05) is 10.9 Å². The van der Waals surface area contributed by atoms with Gasteiger partial charge in [-0.1, -0.05) is 22.0 Å². The number of amidine groups is 1. The molecule has 5 rings (SSSR count). The summed E-state index contributed by atoms with van der Waals surface area (Å²) in [7, 11) is 0. The lowest BCUT2D eigenvalue weighted by molar-refractivity contribution is 0.00534. The largest absolute Gasteiger partial charge is 0.367 e. The molecule has 2 aromatic carbocycles. The second-order valence-electron chi connectivity index (χ2n) is 6.79. The summed E-state index contributed by atoms with van der Waals surface area (Å²) in [5.41, 5.74) is 0.988. The Morgan fingerprint density at radius 2 is 1.68 bits per heavy atom. The molecule has 2 atom stereocenters. The van der Waals surface area contributed by atoms with E-state index in [0.29, 0.717) is 12.3 Å². The summed E-state index contributed by atoms with van der Waals surface area (Å²) < 4.78 is 75.7. The molecule has 0 aromatic heterocycles. The van der Waals surface area contributed by atoms with Crippen molar-refractivity contribution in [1.29, 1.82) is 0 Å². The van der Waals surface area contributed by atoms with Gasteiger partial charge in [0.2, 0.25) is 5.82 Å². The average Bonchev–Trinajstić information content (AvgIpc) is 3.25. The zero-order chi connectivity index (χ0) is 19.7. The number of morpholine rings is 1. The van der Waals surface area contributed by atoms with E-state index in [0.717, 1.165) is 20.6 Å². The maximum atomic E-state index is 14.2. The zero-order valence-corrected chi connectivity index (χ0v) is 15.6. The lowest BCUT2D eigenvalue weighted by atomic mass is 10.1. The molecule has 2 aromatic rings. The van der Waals surface area contributed by atoms with Crippen LogP contribution < -0.4 is 5.01 Å².